The van der Waals surface area contributed by atoms with E-state index in [1.165, 1.54) is 10.9 Å². The molecule has 146 valence electrons. The number of thiazole rings is 1. The molecule has 3 aromatic heterocycles. The van der Waals surface area contributed by atoms with Gasteiger partial charge < -0.3 is 0 Å². The van der Waals surface area contributed by atoms with E-state index >= 15 is 0 Å². The molecule has 7 nitrogen and oxygen atoms in total. The Morgan fingerprint density at radius 1 is 1.43 bits per heavy atom. The van der Waals surface area contributed by atoms with E-state index in [1.807, 2.05) is 12.1 Å². The van der Waals surface area contributed by atoms with Gasteiger partial charge in [0, 0.05) is 31.2 Å². The minimum atomic E-state index is -2.71. The van der Waals surface area contributed by atoms with Crippen molar-refractivity contribution in [1.29, 1.82) is 0 Å². The van der Waals surface area contributed by atoms with Gasteiger partial charge in [0.25, 0.3) is 5.92 Å². The van der Waals surface area contributed by atoms with Gasteiger partial charge in [-0.3, -0.25) is 9.78 Å². The van der Waals surface area contributed by atoms with Crippen molar-refractivity contribution in [2.45, 2.75) is 38.7 Å². The Bertz CT molecular complexity index is 1070. The Kier molecular flexibility index (Phi) is 4.66. The number of hydrogen-bond acceptors (Lipinski definition) is 6. The van der Waals surface area contributed by atoms with Gasteiger partial charge in [0.2, 0.25) is 0 Å². The summed E-state index contributed by atoms with van der Waals surface area (Å²) in [6, 6.07) is 3.72. The highest BCUT2D eigenvalue weighted by Gasteiger charge is 2.57. The van der Waals surface area contributed by atoms with Crippen LogP contribution in [0.3, 0.4) is 0 Å². The summed E-state index contributed by atoms with van der Waals surface area (Å²) in [6.07, 6.45) is 5.29. The average Bonchev–Trinajstić information content (AvgIpc) is 2.95. The van der Waals surface area contributed by atoms with E-state index in [-0.39, 0.29) is 18.7 Å². The lowest BCUT2D eigenvalue weighted by atomic mass is 10.1. The van der Waals surface area contributed by atoms with Gasteiger partial charge in [0.05, 0.1) is 17.1 Å². The molecular weight excluding hydrogens is 388 g/mol. The van der Waals surface area contributed by atoms with Crippen LogP contribution >= 0.6 is 11.3 Å². The van der Waals surface area contributed by atoms with Gasteiger partial charge in [0.1, 0.15) is 6.33 Å². The maximum Gasteiger partial charge on any atom is 0.352 e. The summed E-state index contributed by atoms with van der Waals surface area (Å²) in [5.74, 6) is -3.63. The molecule has 4 rings (SSSR count). The molecule has 1 atom stereocenters. The molecule has 0 aliphatic heterocycles. The number of halogens is 2. The van der Waals surface area contributed by atoms with E-state index in [0.29, 0.717) is 28.5 Å². The average molecular weight is 405 g/mol. The van der Waals surface area contributed by atoms with E-state index in [2.05, 4.69) is 15.1 Å². The Morgan fingerprint density at radius 3 is 2.89 bits per heavy atom. The predicted octanol–water partition coefficient (Wildman–Crippen LogP) is 2.66. The standard InChI is InChI=1S/C18H17F2N5O2S/c1-11-15(14(26)5-4-12-3-2-6-21-8-12)28-16(23-11)24-10-22-25(17(24)27)9-13-7-18(13,19)20/h2-3,6,8,10,13H,4-5,7,9H2,1H3. The van der Waals surface area contributed by atoms with Gasteiger partial charge >= 0.3 is 5.69 Å². The van der Waals surface area contributed by atoms with Crippen molar-refractivity contribution in [1.82, 2.24) is 24.3 Å². The maximum atomic E-state index is 13.1. The fourth-order valence-corrected chi connectivity index (χ4v) is 3.93. The number of nitrogens with zero attached hydrogens (tertiary/aromatic N) is 5. The molecule has 0 saturated heterocycles. The van der Waals surface area contributed by atoms with Crippen LogP contribution in [0.5, 0.6) is 0 Å². The van der Waals surface area contributed by atoms with Crippen LogP contribution in [0.4, 0.5) is 8.78 Å². The second-order valence-electron chi connectivity index (χ2n) is 6.82. The van der Waals surface area contributed by atoms with Gasteiger partial charge in [0.15, 0.2) is 10.9 Å². The number of ketones is 1. The SMILES string of the molecule is Cc1nc(-n2cnn(CC3CC3(F)F)c2=O)sc1C(=O)CCc1cccnc1. The molecule has 1 saturated carbocycles. The summed E-state index contributed by atoms with van der Waals surface area (Å²) in [4.78, 5) is 33.8. The molecule has 3 heterocycles. The zero-order chi connectivity index (χ0) is 19.9. The first-order chi connectivity index (χ1) is 13.3. The summed E-state index contributed by atoms with van der Waals surface area (Å²) >= 11 is 1.10. The number of aromatic nitrogens is 5. The first-order valence-corrected chi connectivity index (χ1v) is 9.59. The van der Waals surface area contributed by atoms with Crippen molar-refractivity contribution >= 4 is 17.1 Å². The molecule has 0 amide bonds. The summed E-state index contributed by atoms with van der Waals surface area (Å²) in [5.41, 5.74) is 0.961. The van der Waals surface area contributed by atoms with Crippen LogP contribution in [0.1, 0.15) is 33.8 Å². The third-order valence-corrected chi connectivity index (χ3v) is 5.89. The number of pyridine rings is 1. The molecule has 10 heteroatoms. The summed E-state index contributed by atoms with van der Waals surface area (Å²) in [5, 5.41) is 4.21. The third-order valence-electron chi connectivity index (χ3n) is 4.69. The molecule has 1 aliphatic carbocycles. The normalized spacial score (nSPS) is 17.6. The molecule has 0 aromatic carbocycles. The van der Waals surface area contributed by atoms with Gasteiger partial charge in [-0.1, -0.05) is 17.4 Å². The lowest BCUT2D eigenvalue weighted by Gasteiger charge is -1.99. The molecule has 1 aliphatic rings. The quantitative estimate of drug-likeness (QED) is 0.565. The Hall–Kier alpha value is -2.75. The second-order valence-corrected chi connectivity index (χ2v) is 7.80. The second kappa shape index (κ2) is 7.01. The Morgan fingerprint density at radius 2 is 2.21 bits per heavy atom. The predicted molar refractivity (Wildman–Crippen MR) is 98.2 cm³/mol. The van der Waals surface area contributed by atoms with E-state index in [0.717, 1.165) is 21.6 Å². The molecule has 0 bridgehead atoms. The molecule has 1 fully saturated rings. The van der Waals surface area contributed by atoms with Crippen LogP contribution in [0, 0.1) is 12.8 Å². The maximum absolute atomic E-state index is 13.1. The van der Waals surface area contributed by atoms with Crippen LogP contribution in [0.25, 0.3) is 5.13 Å². The highest BCUT2D eigenvalue weighted by molar-refractivity contribution is 7.16. The highest BCUT2D eigenvalue weighted by Crippen LogP contribution is 2.49. The number of aryl methyl sites for hydroxylation is 2. The third kappa shape index (κ3) is 3.64. The molecule has 0 N–H and O–H groups in total. The smallest absolute Gasteiger partial charge is 0.293 e. The lowest BCUT2D eigenvalue weighted by Crippen LogP contribution is -2.25. The molecule has 0 spiro atoms. The van der Waals surface area contributed by atoms with Crippen LogP contribution in [0.2, 0.25) is 0 Å². The molecular formula is C18H17F2N5O2S. The van der Waals surface area contributed by atoms with Crippen LogP contribution in [0.15, 0.2) is 35.6 Å². The van der Waals surface area contributed by atoms with E-state index in [4.69, 9.17) is 0 Å². The number of rotatable bonds is 7. The van der Waals surface area contributed by atoms with Gasteiger partial charge in [-0.25, -0.2) is 27.8 Å². The van der Waals surface area contributed by atoms with E-state index in [1.54, 1.807) is 19.3 Å². The minimum Gasteiger partial charge on any atom is -0.293 e. The van der Waals surface area contributed by atoms with Crippen molar-refractivity contribution in [3.8, 4) is 5.13 Å². The topological polar surface area (TPSA) is 82.7 Å². The number of Topliss-reactive ketones (excluding diaryl/α,β-unsaturated/α-hetero) is 1. The summed E-state index contributed by atoms with van der Waals surface area (Å²) in [7, 11) is 0. The minimum absolute atomic E-state index is 0.0665. The Labute approximate surface area is 162 Å². The van der Waals surface area contributed by atoms with Gasteiger partial charge in [-0.05, 0) is 25.0 Å². The first-order valence-electron chi connectivity index (χ1n) is 8.77. The first kappa shape index (κ1) is 18.6. The Balaban J connectivity index is 1.49. The number of hydrogen-bond donors (Lipinski definition) is 0. The van der Waals surface area contributed by atoms with Crippen molar-refractivity contribution in [2.75, 3.05) is 0 Å². The number of alkyl halides is 2. The lowest BCUT2D eigenvalue weighted by molar-refractivity contribution is 0.0938. The number of carbonyl (C=O) groups excluding carboxylic acids is 1. The zero-order valence-corrected chi connectivity index (χ0v) is 15.8. The highest BCUT2D eigenvalue weighted by atomic mass is 32.1. The summed E-state index contributed by atoms with van der Waals surface area (Å²) < 4.78 is 28.4. The molecule has 1 unspecified atom stereocenters. The van der Waals surface area contributed by atoms with Crippen molar-refractivity contribution < 1.29 is 13.6 Å². The van der Waals surface area contributed by atoms with Crippen LogP contribution in [-0.2, 0) is 13.0 Å². The molecule has 3 aromatic rings. The fourth-order valence-electron chi connectivity index (χ4n) is 2.93. The van der Waals surface area contributed by atoms with Crippen LogP contribution in [-0.4, -0.2) is 36.0 Å². The van der Waals surface area contributed by atoms with Crippen molar-refractivity contribution in [3.63, 3.8) is 0 Å². The summed E-state index contributed by atoms with van der Waals surface area (Å²) in [6.45, 7) is 1.58. The van der Waals surface area contributed by atoms with E-state index < -0.39 is 17.5 Å². The zero-order valence-electron chi connectivity index (χ0n) is 15.0. The fraction of sp³-hybridized carbons (Fsp3) is 0.389. The molecule has 0 radical (unpaired) electrons. The van der Waals surface area contributed by atoms with Crippen molar-refractivity contribution in [2.24, 2.45) is 5.92 Å². The van der Waals surface area contributed by atoms with Crippen molar-refractivity contribution in [3.05, 3.63) is 57.5 Å². The largest absolute Gasteiger partial charge is 0.352 e. The monoisotopic (exact) mass is 405 g/mol. The van der Waals surface area contributed by atoms with Crippen LogP contribution < -0.4 is 5.69 Å². The van der Waals surface area contributed by atoms with Gasteiger partial charge in [-0.15, -0.1) is 0 Å². The van der Waals surface area contributed by atoms with E-state index in [9.17, 15) is 18.4 Å². The van der Waals surface area contributed by atoms with Gasteiger partial charge in [-0.2, -0.15) is 5.10 Å². The molecule has 28 heavy (non-hydrogen) atoms. The number of carbonyl (C=O) groups is 1.